The van der Waals surface area contributed by atoms with Gasteiger partial charge in [-0.05, 0) is 47.4 Å². The summed E-state index contributed by atoms with van der Waals surface area (Å²) >= 11 is 6.26. The molecule has 0 saturated carbocycles. The molecule has 5 nitrogen and oxygen atoms in total. The maximum atomic E-state index is 13.6. The van der Waals surface area contributed by atoms with Crippen molar-refractivity contribution in [3.63, 3.8) is 0 Å². The van der Waals surface area contributed by atoms with E-state index >= 15 is 0 Å². The van der Waals surface area contributed by atoms with Gasteiger partial charge in [0.1, 0.15) is 17.3 Å². The van der Waals surface area contributed by atoms with Crippen molar-refractivity contribution < 1.29 is 19.0 Å². The lowest BCUT2D eigenvalue weighted by Gasteiger charge is -2.12. The Balaban J connectivity index is 1.72. The summed E-state index contributed by atoms with van der Waals surface area (Å²) in [7, 11) is 1.57. The molecule has 0 aliphatic rings. The van der Waals surface area contributed by atoms with Gasteiger partial charge in [-0.3, -0.25) is 0 Å². The predicted molar refractivity (Wildman–Crippen MR) is 132 cm³/mol. The predicted octanol–water partition coefficient (Wildman–Crippen LogP) is 6.04. The quantitative estimate of drug-likeness (QED) is 0.306. The molecule has 34 heavy (non-hydrogen) atoms. The third kappa shape index (κ3) is 4.93. The Morgan fingerprint density at radius 2 is 1.79 bits per heavy atom. The van der Waals surface area contributed by atoms with Crippen LogP contribution >= 0.6 is 11.6 Å². The summed E-state index contributed by atoms with van der Waals surface area (Å²) in [6.07, 6.45) is 0.983. The number of hydrogen-bond donors (Lipinski definition) is 2. The fourth-order valence-corrected chi connectivity index (χ4v) is 4.39. The zero-order valence-corrected chi connectivity index (χ0v) is 19.8. The second-order valence-electron chi connectivity index (χ2n) is 8.11. The lowest BCUT2D eigenvalue weighted by molar-refractivity contribution is 0.0684. The Kier molecular flexibility index (Phi) is 7.20. The number of aromatic nitrogens is 1. The molecule has 0 aliphatic heterocycles. The van der Waals surface area contributed by atoms with Crippen LogP contribution in [0.4, 0.5) is 4.39 Å². The highest BCUT2D eigenvalue weighted by Gasteiger charge is 2.23. The third-order valence-electron chi connectivity index (χ3n) is 5.98. The summed E-state index contributed by atoms with van der Waals surface area (Å²) in [6.45, 7) is 3.27. The largest absolute Gasteiger partial charge is 0.497 e. The molecule has 176 valence electrons. The monoisotopic (exact) mass is 480 g/mol. The number of hydrogen-bond acceptors (Lipinski definition) is 3. The summed E-state index contributed by atoms with van der Waals surface area (Å²) < 4.78 is 20.6. The zero-order chi connectivity index (χ0) is 24.2. The van der Waals surface area contributed by atoms with Crippen LogP contribution < -0.4 is 10.1 Å². The minimum Gasteiger partial charge on any atom is -0.497 e. The van der Waals surface area contributed by atoms with Gasteiger partial charge in [0.25, 0.3) is 0 Å². The molecule has 4 rings (SSSR count). The average molecular weight is 481 g/mol. The van der Waals surface area contributed by atoms with Gasteiger partial charge in [-0.2, -0.15) is 0 Å². The van der Waals surface area contributed by atoms with E-state index in [9.17, 15) is 14.3 Å². The highest BCUT2D eigenvalue weighted by Crippen LogP contribution is 2.32. The van der Waals surface area contributed by atoms with Crippen molar-refractivity contribution >= 4 is 28.5 Å². The van der Waals surface area contributed by atoms with Crippen LogP contribution in [0.15, 0.2) is 60.7 Å². The van der Waals surface area contributed by atoms with Gasteiger partial charge in [-0.25, -0.2) is 9.18 Å². The van der Waals surface area contributed by atoms with E-state index in [0.717, 1.165) is 17.4 Å². The van der Waals surface area contributed by atoms with E-state index in [1.54, 1.807) is 17.7 Å². The Bertz CT molecular complexity index is 1330. The fourth-order valence-electron chi connectivity index (χ4n) is 4.16. The lowest BCUT2D eigenvalue weighted by Crippen LogP contribution is -2.17. The maximum Gasteiger partial charge on any atom is 0.352 e. The Morgan fingerprint density at radius 1 is 1.06 bits per heavy atom. The molecule has 0 amide bonds. The van der Waals surface area contributed by atoms with Crippen LogP contribution in [0.3, 0.4) is 0 Å². The van der Waals surface area contributed by atoms with Crippen LogP contribution in [-0.4, -0.2) is 22.8 Å². The van der Waals surface area contributed by atoms with E-state index in [0.29, 0.717) is 35.5 Å². The first-order chi connectivity index (χ1) is 16.4. The number of aryl methyl sites for hydroxylation is 1. The molecule has 0 aliphatic carbocycles. The summed E-state index contributed by atoms with van der Waals surface area (Å²) in [5, 5.41) is 14.6. The number of ether oxygens (including phenoxy) is 1. The van der Waals surface area contributed by atoms with Crippen molar-refractivity contribution in [2.75, 3.05) is 7.11 Å². The Morgan fingerprint density at radius 3 is 2.44 bits per heavy atom. The molecule has 0 unspecified atom stereocenters. The number of nitrogens with one attached hydrogen (secondary N) is 1. The SMILES string of the molecule is CCc1ccc(CNCc2c(C(=O)O)n(Cc3ccc(F)cc3Cl)c3cc(OC)ccc23)cc1. The molecule has 3 aromatic carbocycles. The van der Waals surface area contributed by atoms with E-state index in [2.05, 4.69) is 36.5 Å². The standard InChI is InChI=1S/C27H26ClFN2O3/c1-3-17-4-6-18(7-5-17)14-30-15-23-22-11-10-21(34-2)13-25(22)31(26(23)27(32)33)16-19-8-9-20(29)12-24(19)28/h4-13,30H,3,14-16H2,1-2H3,(H,32,33). The van der Waals surface area contributed by atoms with Crippen LogP contribution in [0.1, 0.15) is 39.7 Å². The Hall–Kier alpha value is -3.35. The van der Waals surface area contributed by atoms with Crippen LogP contribution in [-0.2, 0) is 26.1 Å². The number of benzene rings is 3. The molecule has 1 aromatic heterocycles. The zero-order valence-electron chi connectivity index (χ0n) is 19.1. The number of carboxylic acids is 1. The molecule has 0 radical (unpaired) electrons. The molecule has 7 heteroatoms. The molecule has 2 N–H and O–H groups in total. The van der Waals surface area contributed by atoms with Crippen LogP contribution in [0.25, 0.3) is 10.9 Å². The van der Waals surface area contributed by atoms with Crippen molar-refractivity contribution in [2.24, 2.45) is 0 Å². The van der Waals surface area contributed by atoms with Crippen LogP contribution in [0, 0.1) is 5.82 Å². The maximum absolute atomic E-state index is 13.6. The van der Waals surface area contributed by atoms with Gasteiger partial charge < -0.3 is 19.7 Å². The smallest absolute Gasteiger partial charge is 0.352 e. The van der Waals surface area contributed by atoms with E-state index in [-0.39, 0.29) is 17.3 Å². The van der Waals surface area contributed by atoms with Gasteiger partial charge in [-0.15, -0.1) is 0 Å². The number of methoxy groups -OCH3 is 1. The highest BCUT2D eigenvalue weighted by molar-refractivity contribution is 6.31. The van der Waals surface area contributed by atoms with E-state index in [4.69, 9.17) is 16.3 Å². The van der Waals surface area contributed by atoms with Crippen LogP contribution in [0.5, 0.6) is 5.75 Å². The first-order valence-corrected chi connectivity index (χ1v) is 11.4. The van der Waals surface area contributed by atoms with Gasteiger partial charge in [0.05, 0.1) is 12.6 Å². The van der Waals surface area contributed by atoms with Crippen molar-refractivity contribution in [1.29, 1.82) is 0 Å². The van der Waals surface area contributed by atoms with Gasteiger partial charge in [0.15, 0.2) is 0 Å². The molecule has 0 spiro atoms. The number of nitrogens with zero attached hydrogens (tertiary/aromatic N) is 1. The van der Waals surface area contributed by atoms with Crippen molar-refractivity contribution in [2.45, 2.75) is 33.0 Å². The Labute approximate surface area is 202 Å². The summed E-state index contributed by atoms with van der Waals surface area (Å²) in [5.74, 6) is -0.871. The van der Waals surface area contributed by atoms with Crippen LogP contribution in [0.2, 0.25) is 5.02 Å². The molecule has 0 atom stereocenters. The number of fused-ring (bicyclic) bond motifs is 1. The summed E-state index contributed by atoms with van der Waals surface area (Å²) in [5.41, 5.74) is 4.57. The van der Waals surface area contributed by atoms with Crippen molar-refractivity contribution in [3.8, 4) is 5.75 Å². The summed E-state index contributed by atoms with van der Waals surface area (Å²) in [6, 6.07) is 18.0. The number of carbonyl (C=O) groups is 1. The highest BCUT2D eigenvalue weighted by atomic mass is 35.5. The second kappa shape index (κ2) is 10.3. The van der Waals surface area contributed by atoms with Gasteiger partial charge >= 0.3 is 5.97 Å². The molecule has 4 aromatic rings. The average Bonchev–Trinajstić information content (AvgIpc) is 3.14. The van der Waals surface area contributed by atoms with Crippen molar-refractivity contribution in [3.05, 3.63) is 99.5 Å². The number of halogens is 2. The first kappa shape index (κ1) is 23.8. The first-order valence-electron chi connectivity index (χ1n) is 11.1. The van der Waals surface area contributed by atoms with Gasteiger partial charge in [-0.1, -0.05) is 48.9 Å². The number of carboxylic acid groups (broad SMARTS) is 1. The minimum absolute atomic E-state index is 0.164. The second-order valence-corrected chi connectivity index (χ2v) is 8.52. The lowest BCUT2D eigenvalue weighted by atomic mass is 10.1. The van der Waals surface area contributed by atoms with Crippen molar-refractivity contribution in [1.82, 2.24) is 9.88 Å². The van der Waals surface area contributed by atoms with Gasteiger partial charge in [0.2, 0.25) is 0 Å². The minimum atomic E-state index is -1.04. The summed E-state index contributed by atoms with van der Waals surface area (Å²) in [4.78, 5) is 12.4. The van der Waals surface area contributed by atoms with E-state index in [1.807, 2.05) is 18.2 Å². The molecule has 1 heterocycles. The van der Waals surface area contributed by atoms with E-state index < -0.39 is 11.8 Å². The van der Waals surface area contributed by atoms with E-state index in [1.165, 1.54) is 17.7 Å². The molecular weight excluding hydrogens is 455 g/mol. The van der Waals surface area contributed by atoms with Gasteiger partial charge in [0, 0.05) is 41.7 Å². The third-order valence-corrected chi connectivity index (χ3v) is 6.34. The molecular formula is C27H26ClFN2O3. The molecule has 0 saturated heterocycles. The normalized spacial score (nSPS) is 11.2. The number of rotatable bonds is 9. The molecule has 0 fully saturated rings. The topological polar surface area (TPSA) is 63.5 Å². The number of aromatic carboxylic acids is 1. The molecule has 0 bridgehead atoms. The fraction of sp³-hybridized carbons (Fsp3) is 0.222.